The van der Waals surface area contributed by atoms with Crippen LogP contribution in [0.3, 0.4) is 0 Å². The maximum atomic E-state index is 12.3. The van der Waals surface area contributed by atoms with Gasteiger partial charge in [0.05, 0.1) is 19.0 Å². The van der Waals surface area contributed by atoms with Crippen molar-refractivity contribution < 1.29 is 34.2 Å². The minimum atomic E-state index is -1.62. The van der Waals surface area contributed by atoms with Crippen molar-refractivity contribution in [1.82, 2.24) is 16.0 Å². The van der Waals surface area contributed by atoms with Crippen LogP contribution < -0.4 is 21.7 Å². The lowest BCUT2D eigenvalue weighted by atomic mass is 9.97. The van der Waals surface area contributed by atoms with Gasteiger partial charge in [0.25, 0.3) is 0 Å². The summed E-state index contributed by atoms with van der Waals surface area (Å²) < 4.78 is 0. The van der Waals surface area contributed by atoms with Crippen molar-refractivity contribution in [3.05, 3.63) is 0 Å². The summed E-state index contributed by atoms with van der Waals surface area (Å²) in [5, 5.41) is 24.5. The monoisotopic (exact) mass is 374 g/mol. The quantitative estimate of drug-likeness (QED) is 0.240. The number of carboxylic acids is 2. The summed E-state index contributed by atoms with van der Waals surface area (Å²) in [4.78, 5) is 57.4. The van der Waals surface area contributed by atoms with E-state index < -0.39 is 60.8 Å². The molecule has 4 unspecified atom stereocenters. The van der Waals surface area contributed by atoms with Crippen LogP contribution in [-0.4, -0.2) is 64.5 Å². The third-order valence-electron chi connectivity index (χ3n) is 3.64. The molecule has 0 bridgehead atoms. The van der Waals surface area contributed by atoms with Gasteiger partial charge in [0, 0.05) is 0 Å². The Bertz CT molecular complexity index is 550. The number of aliphatic carboxylic acids is 2. The topological polar surface area (TPSA) is 188 Å². The molecule has 0 aliphatic heterocycles. The largest absolute Gasteiger partial charge is 0.481 e. The highest BCUT2D eigenvalue weighted by Crippen LogP contribution is 2.09. The van der Waals surface area contributed by atoms with E-state index in [1.54, 1.807) is 13.8 Å². The average Bonchev–Trinajstić information content (AvgIpc) is 2.55. The number of hydrogen-bond acceptors (Lipinski definition) is 6. The Morgan fingerprint density at radius 2 is 1.58 bits per heavy atom. The molecule has 11 heteroatoms. The Labute approximate surface area is 150 Å². The molecule has 3 amide bonds. The minimum Gasteiger partial charge on any atom is -0.481 e. The summed E-state index contributed by atoms with van der Waals surface area (Å²) in [6.45, 7) is 4.47. The van der Waals surface area contributed by atoms with E-state index in [2.05, 4.69) is 16.0 Å². The summed E-state index contributed by atoms with van der Waals surface area (Å²) in [6, 6.07) is -3.51. The Morgan fingerprint density at radius 1 is 1.00 bits per heavy atom. The van der Waals surface area contributed by atoms with Crippen LogP contribution in [-0.2, 0) is 24.0 Å². The van der Waals surface area contributed by atoms with Crippen molar-refractivity contribution in [2.75, 3.05) is 6.54 Å². The van der Waals surface area contributed by atoms with E-state index in [-0.39, 0.29) is 5.92 Å². The van der Waals surface area contributed by atoms with Crippen molar-refractivity contribution in [1.29, 1.82) is 0 Å². The van der Waals surface area contributed by atoms with Crippen LogP contribution in [0.15, 0.2) is 0 Å². The van der Waals surface area contributed by atoms with E-state index in [0.717, 1.165) is 0 Å². The number of hydrogen-bond donors (Lipinski definition) is 6. The van der Waals surface area contributed by atoms with Gasteiger partial charge in [-0.1, -0.05) is 20.3 Å². The fourth-order valence-electron chi connectivity index (χ4n) is 1.89. The van der Waals surface area contributed by atoms with Crippen molar-refractivity contribution in [2.24, 2.45) is 11.7 Å². The number of rotatable bonds is 11. The molecule has 0 aromatic carbocycles. The molecule has 7 N–H and O–H groups in total. The first-order valence-electron chi connectivity index (χ1n) is 8.07. The molecule has 11 nitrogen and oxygen atoms in total. The third kappa shape index (κ3) is 8.42. The van der Waals surface area contributed by atoms with Gasteiger partial charge in [-0.3, -0.25) is 19.2 Å². The molecule has 0 aromatic rings. The van der Waals surface area contributed by atoms with E-state index in [4.69, 9.17) is 15.9 Å². The number of nitrogens with two attached hydrogens (primary N) is 1. The second-order valence-corrected chi connectivity index (χ2v) is 5.93. The van der Waals surface area contributed by atoms with Crippen molar-refractivity contribution >= 4 is 29.7 Å². The summed E-state index contributed by atoms with van der Waals surface area (Å²) >= 11 is 0. The molecular formula is C15H26N4O7. The van der Waals surface area contributed by atoms with Gasteiger partial charge in [-0.2, -0.15) is 0 Å². The molecule has 0 heterocycles. The molecule has 0 saturated carbocycles. The second kappa shape index (κ2) is 11.0. The zero-order chi connectivity index (χ0) is 20.4. The fourth-order valence-corrected chi connectivity index (χ4v) is 1.89. The SMILES string of the molecule is CCC(C)C(NC(=O)CNC(=O)C(C)N)C(=O)NC(CC(=O)O)C(=O)O. The van der Waals surface area contributed by atoms with Gasteiger partial charge < -0.3 is 31.9 Å². The first kappa shape index (κ1) is 23.3. The standard InChI is InChI=1S/C15H26N4O7/c1-4-7(2)12(19-10(20)6-17-13(23)8(3)16)14(24)18-9(15(25)26)5-11(21)22/h7-9,12H,4-6,16H2,1-3H3,(H,17,23)(H,18,24)(H,19,20)(H,21,22)(H,25,26). The van der Waals surface area contributed by atoms with Crippen LogP contribution >= 0.6 is 0 Å². The highest BCUT2D eigenvalue weighted by Gasteiger charge is 2.30. The average molecular weight is 374 g/mol. The maximum absolute atomic E-state index is 12.3. The minimum absolute atomic E-state index is 0.359. The summed E-state index contributed by atoms with van der Waals surface area (Å²) in [7, 11) is 0. The number of carboxylic acid groups (broad SMARTS) is 2. The number of amides is 3. The predicted octanol–water partition coefficient (Wildman–Crippen LogP) is -1.98. The van der Waals surface area contributed by atoms with E-state index in [0.29, 0.717) is 6.42 Å². The van der Waals surface area contributed by atoms with Crippen LogP contribution in [0.5, 0.6) is 0 Å². The Kier molecular flexibility index (Phi) is 9.89. The molecule has 0 spiro atoms. The van der Waals surface area contributed by atoms with Crippen LogP contribution in [0.4, 0.5) is 0 Å². The molecule has 0 rings (SSSR count). The maximum Gasteiger partial charge on any atom is 0.326 e. The van der Waals surface area contributed by atoms with Gasteiger partial charge in [0.2, 0.25) is 17.7 Å². The van der Waals surface area contributed by atoms with Crippen molar-refractivity contribution in [3.8, 4) is 0 Å². The van der Waals surface area contributed by atoms with Gasteiger partial charge >= 0.3 is 11.9 Å². The van der Waals surface area contributed by atoms with E-state index in [1.807, 2.05) is 0 Å². The second-order valence-electron chi connectivity index (χ2n) is 5.93. The summed E-state index contributed by atoms with van der Waals surface area (Å²) in [5.41, 5.74) is 5.35. The first-order valence-corrected chi connectivity index (χ1v) is 8.07. The lowest BCUT2D eigenvalue weighted by Crippen LogP contribution is -2.56. The fraction of sp³-hybridized carbons (Fsp3) is 0.667. The zero-order valence-corrected chi connectivity index (χ0v) is 14.9. The molecule has 0 aliphatic carbocycles. The van der Waals surface area contributed by atoms with Gasteiger partial charge in [-0.05, 0) is 12.8 Å². The number of nitrogens with one attached hydrogen (secondary N) is 3. The molecule has 0 aromatic heterocycles. The van der Waals surface area contributed by atoms with Gasteiger partial charge in [-0.15, -0.1) is 0 Å². The lowest BCUT2D eigenvalue weighted by Gasteiger charge is -2.25. The lowest BCUT2D eigenvalue weighted by molar-refractivity contribution is -0.147. The summed E-state index contributed by atoms with van der Waals surface area (Å²) in [6.07, 6.45) is -0.312. The van der Waals surface area contributed by atoms with E-state index in [9.17, 15) is 24.0 Å². The molecular weight excluding hydrogens is 348 g/mol. The van der Waals surface area contributed by atoms with Crippen molar-refractivity contribution in [3.63, 3.8) is 0 Å². The normalized spacial score (nSPS) is 15.1. The molecule has 4 atom stereocenters. The third-order valence-corrected chi connectivity index (χ3v) is 3.64. The van der Waals surface area contributed by atoms with Gasteiger partial charge in [-0.25, -0.2) is 4.79 Å². The molecule has 0 fully saturated rings. The summed E-state index contributed by atoms with van der Waals surface area (Å²) in [5.74, 6) is -5.27. The predicted molar refractivity (Wildman–Crippen MR) is 89.9 cm³/mol. The van der Waals surface area contributed by atoms with Gasteiger partial charge in [0.15, 0.2) is 0 Å². The molecule has 0 aliphatic rings. The first-order chi connectivity index (χ1) is 12.0. The Morgan fingerprint density at radius 3 is 2.00 bits per heavy atom. The highest BCUT2D eigenvalue weighted by atomic mass is 16.4. The number of carbonyl (C=O) groups is 5. The molecule has 148 valence electrons. The van der Waals surface area contributed by atoms with E-state index in [1.165, 1.54) is 6.92 Å². The molecule has 0 radical (unpaired) electrons. The van der Waals surface area contributed by atoms with Crippen LogP contribution in [0.2, 0.25) is 0 Å². The molecule has 0 saturated heterocycles. The van der Waals surface area contributed by atoms with Crippen molar-refractivity contribution in [2.45, 2.75) is 51.7 Å². The van der Waals surface area contributed by atoms with Crippen LogP contribution in [0.1, 0.15) is 33.6 Å². The van der Waals surface area contributed by atoms with Crippen LogP contribution in [0.25, 0.3) is 0 Å². The van der Waals surface area contributed by atoms with E-state index >= 15 is 0 Å². The Hall–Kier alpha value is -2.69. The highest BCUT2D eigenvalue weighted by molar-refractivity contribution is 5.93. The number of carbonyl (C=O) groups excluding carboxylic acids is 3. The molecule has 26 heavy (non-hydrogen) atoms. The zero-order valence-electron chi connectivity index (χ0n) is 14.9. The Balaban J connectivity index is 4.99. The smallest absolute Gasteiger partial charge is 0.326 e. The van der Waals surface area contributed by atoms with Gasteiger partial charge in [0.1, 0.15) is 12.1 Å². The van der Waals surface area contributed by atoms with Crippen LogP contribution in [0, 0.1) is 5.92 Å².